The number of amides is 1. The monoisotopic (exact) mass is 261 g/mol. The lowest BCUT2D eigenvalue weighted by Gasteiger charge is -2.31. The molecule has 1 N–H and O–H groups in total. The van der Waals surface area contributed by atoms with Crippen LogP contribution in [0.5, 0.6) is 0 Å². The van der Waals surface area contributed by atoms with Crippen molar-refractivity contribution in [2.45, 2.75) is 25.6 Å². The Kier molecular flexibility index (Phi) is 3.48. The Bertz CT molecular complexity index is 451. The largest absolute Gasteiger partial charge is 0.371 e. The second-order valence-electron chi connectivity index (χ2n) is 5.22. The molecule has 5 nitrogen and oxygen atoms in total. The van der Waals surface area contributed by atoms with E-state index in [-0.39, 0.29) is 24.0 Å². The molecule has 0 radical (unpaired) electrons. The molecule has 0 unspecified atom stereocenters. The minimum Gasteiger partial charge on any atom is -0.371 e. The zero-order valence-electron chi connectivity index (χ0n) is 11.1. The van der Waals surface area contributed by atoms with Gasteiger partial charge in [0.1, 0.15) is 0 Å². The number of hydrogen-bond acceptors (Lipinski definition) is 4. The van der Waals surface area contributed by atoms with E-state index in [1.54, 1.807) is 12.4 Å². The van der Waals surface area contributed by atoms with Gasteiger partial charge in [0.2, 0.25) is 5.91 Å². The fourth-order valence-electron chi connectivity index (χ4n) is 2.94. The fourth-order valence-corrected chi connectivity index (χ4v) is 2.94. The molecule has 2 fully saturated rings. The lowest BCUT2D eigenvalue weighted by atomic mass is 9.99. The number of hydrogen-bond donors (Lipinski definition) is 1. The van der Waals surface area contributed by atoms with Gasteiger partial charge in [-0.1, -0.05) is 6.92 Å². The number of nitrogens with zero attached hydrogens (tertiary/aromatic N) is 2. The molecule has 102 valence electrons. The van der Waals surface area contributed by atoms with E-state index in [9.17, 15) is 4.79 Å². The molecule has 0 aromatic carbocycles. The number of likely N-dealkylation sites (tertiary alicyclic amines) is 1. The van der Waals surface area contributed by atoms with Gasteiger partial charge in [-0.15, -0.1) is 0 Å². The van der Waals surface area contributed by atoms with Crippen molar-refractivity contribution < 1.29 is 9.53 Å². The minimum absolute atomic E-state index is 0.0374. The number of ether oxygens (including phenoxy) is 1. The number of nitrogens with one attached hydrogen (secondary N) is 1. The van der Waals surface area contributed by atoms with E-state index in [1.807, 2.05) is 12.1 Å². The Morgan fingerprint density at radius 1 is 1.58 bits per heavy atom. The molecule has 1 aromatic heterocycles. The van der Waals surface area contributed by atoms with E-state index in [2.05, 4.69) is 22.1 Å². The highest BCUT2D eigenvalue weighted by molar-refractivity contribution is 5.93. The summed E-state index contributed by atoms with van der Waals surface area (Å²) in [5.41, 5.74) is 0.751. The minimum atomic E-state index is -0.0400. The molecule has 5 heteroatoms. The molecular weight excluding hydrogens is 242 g/mol. The summed E-state index contributed by atoms with van der Waals surface area (Å²) >= 11 is 0. The molecule has 1 aromatic rings. The average Bonchev–Trinajstić information content (AvgIpc) is 2.74. The van der Waals surface area contributed by atoms with Crippen LogP contribution in [0.4, 0.5) is 5.69 Å². The van der Waals surface area contributed by atoms with Crippen molar-refractivity contribution in [1.29, 1.82) is 0 Å². The standard InChI is InChI=1S/C14H19N3O2/c1-2-17-8-11-6-12(13(9-17)19-11)14(18)16-10-4-3-5-15-7-10/h3-5,7,11-13H,2,6,8-9H2,1H3,(H,16,18)/t11-,12+,13-/m1/s1. The second kappa shape index (κ2) is 5.27. The predicted molar refractivity (Wildman–Crippen MR) is 71.7 cm³/mol. The highest BCUT2D eigenvalue weighted by atomic mass is 16.5. The number of likely N-dealkylation sites (N-methyl/N-ethyl adjacent to an activating group) is 1. The molecule has 2 bridgehead atoms. The third-order valence-electron chi connectivity index (χ3n) is 3.95. The van der Waals surface area contributed by atoms with Crippen molar-refractivity contribution in [3.8, 4) is 0 Å². The van der Waals surface area contributed by atoms with Crippen molar-refractivity contribution in [2.24, 2.45) is 5.92 Å². The number of pyridine rings is 1. The van der Waals surface area contributed by atoms with Crippen LogP contribution in [-0.4, -0.2) is 47.6 Å². The van der Waals surface area contributed by atoms with E-state index >= 15 is 0 Å². The molecule has 1 amide bonds. The summed E-state index contributed by atoms with van der Waals surface area (Å²) in [6.07, 6.45) is 4.44. The van der Waals surface area contributed by atoms with Crippen LogP contribution in [0.25, 0.3) is 0 Å². The molecule has 2 saturated heterocycles. The average molecular weight is 261 g/mol. The summed E-state index contributed by atoms with van der Waals surface area (Å²) in [5.74, 6) is 0.0141. The van der Waals surface area contributed by atoms with Crippen LogP contribution in [0, 0.1) is 5.92 Å². The first-order valence-corrected chi connectivity index (χ1v) is 6.85. The van der Waals surface area contributed by atoms with Crippen LogP contribution in [-0.2, 0) is 9.53 Å². The van der Waals surface area contributed by atoms with Crippen LogP contribution < -0.4 is 5.32 Å². The smallest absolute Gasteiger partial charge is 0.230 e. The maximum atomic E-state index is 12.3. The Hall–Kier alpha value is -1.46. The zero-order valence-corrected chi connectivity index (χ0v) is 11.1. The van der Waals surface area contributed by atoms with Gasteiger partial charge >= 0.3 is 0 Å². The van der Waals surface area contributed by atoms with E-state index in [0.717, 1.165) is 31.7 Å². The fraction of sp³-hybridized carbons (Fsp3) is 0.571. The Balaban J connectivity index is 1.65. The Morgan fingerprint density at radius 2 is 2.47 bits per heavy atom. The number of fused-ring (bicyclic) bond motifs is 2. The van der Waals surface area contributed by atoms with E-state index in [1.165, 1.54) is 0 Å². The normalized spacial score (nSPS) is 30.3. The van der Waals surface area contributed by atoms with Gasteiger partial charge in [-0.3, -0.25) is 14.7 Å². The Morgan fingerprint density at radius 3 is 3.21 bits per heavy atom. The van der Waals surface area contributed by atoms with Crippen LogP contribution in [0.3, 0.4) is 0 Å². The second-order valence-corrected chi connectivity index (χ2v) is 5.22. The molecule has 3 heterocycles. The maximum Gasteiger partial charge on any atom is 0.230 e. The third-order valence-corrected chi connectivity index (χ3v) is 3.95. The van der Waals surface area contributed by atoms with Crippen LogP contribution in [0.1, 0.15) is 13.3 Å². The van der Waals surface area contributed by atoms with Crippen molar-refractivity contribution in [3.63, 3.8) is 0 Å². The first-order chi connectivity index (χ1) is 9.26. The predicted octanol–water partition coefficient (Wildman–Crippen LogP) is 1.13. The molecule has 0 aliphatic carbocycles. The quantitative estimate of drug-likeness (QED) is 0.886. The maximum absolute atomic E-state index is 12.3. The van der Waals surface area contributed by atoms with Gasteiger partial charge < -0.3 is 10.1 Å². The highest BCUT2D eigenvalue weighted by Crippen LogP contribution is 2.32. The first-order valence-electron chi connectivity index (χ1n) is 6.85. The molecule has 0 spiro atoms. The third kappa shape index (κ3) is 2.62. The molecule has 2 aliphatic rings. The van der Waals surface area contributed by atoms with Crippen LogP contribution in [0.2, 0.25) is 0 Å². The molecule has 19 heavy (non-hydrogen) atoms. The van der Waals surface area contributed by atoms with Gasteiger partial charge in [-0.05, 0) is 25.1 Å². The lowest BCUT2D eigenvalue weighted by molar-refractivity contribution is -0.122. The molecule has 3 atom stereocenters. The SMILES string of the molecule is CCN1C[C@H]2C[C@H](C(=O)Nc3cccnc3)[C@@H](C1)O2. The number of anilines is 1. The molecule has 2 aliphatic heterocycles. The highest BCUT2D eigenvalue weighted by Gasteiger charge is 2.44. The summed E-state index contributed by atoms with van der Waals surface area (Å²) in [6, 6.07) is 3.67. The van der Waals surface area contributed by atoms with Crippen molar-refractivity contribution in [3.05, 3.63) is 24.5 Å². The lowest BCUT2D eigenvalue weighted by Crippen LogP contribution is -2.44. The van der Waals surface area contributed by atoms with E-state index in [0.29, 0.717) is 0 Å². The first kappa shape index (κ1) is 12.6. The number of morpholine rings is 1. The van der Waals surface area contributed by atoms with Crippen molar-refractivity contribution in [1.82, 2.24) is 9.88 Å². The van der Waals surface area contributed by atoms with E-state index in [4.69, 9.17) is 4.74 Å². The number of carbonyl (C=O) groups excluding carboxylic acids is 1. The summed E-state index contributed by atoms with van der Waals surface area (Å²) in [7, 11) is 0. The number of aromatic nitrogens is 1. The van der Waals surface area contributed by atoms with E-state index < -0.39 is 0 Å². The van der Waals surface area contributed by atoms with Gasteiger partial charge in [-0.2, -0.15) is 0 Å². The molecule has 3 rings (SSSR count). The topological polar surface area (TPSA) is 54.5 Å². The van der Waals surface area contributed by atoms with Gasteiger partial charge in [-0.25, -0.2) is 0 Å². The summed E-state index contributed by atoms with van der Waals surface area (Å²) in [5, 5.41) is 2.93. The van der Waals surface area contributed by atoms with Crippen molar-refractivity contribution in [2.75, 3.05) is 25.0 Å². The zero-order chi connectivity index (χ0) is 13.2. The van der Waals surface area contributed by atoms with Gasteiger partial charge in [0.25, 0.3) is 0 Å². The summed E-state index contributed by atoms with van der Waals surface area (Å²) in [6.45, 7) is 4.98. The van der Waals surface area contributed by atoms with Crippen LogP contribution in [0.15, 0.2) is 24.5 Å². The summed E-state index contributed by atoms with van der Waals surface area (Å²) < 4.78 is 5.88. The molecule has 0 saturated carbocycles. The number of carbonyl (C=O) groups is 1. The van der Waals surface area contributed by atoms with Gasteiger partial charge in [0.15, 0.2) is 0 Å². The van der Waals surface area contributed by atoms with Gasteiger partial charge in [0.05, 0.1) is 30.0 Å². The summed E-state index contributed by atoms with van der Waals surface area (Å²) in [4.78, 5) is 18.7. The van der Waals surface area contributed by atoms with Gasteiger partial charge in [0, 0.05) is 19.3 Å². The van der Waals surface area contributed by atoms with Crippen molar-refractivity contribution >= 4 is 11.6 Å². The number of rotatable bonds is 3. The van der Waals surface area contributed by atoms with Crippen LogP contribution >= 0.6 is 0 Å². The molecular formula is C14H19N3O2. The Labute approximate surface area is 113 Å².